The molecule has 2 heteroatoms. The van der Waals surface area contributed by atoms with Gasteiger partial charge >= 0.3 is 0 Å². The van der Waals surface area contributed by atoms with E-state index < -0.39 is 0 Å². The summed E-state index contributed by atoms with van der Waals surface area (Å²) in [5, 5.41) is 0. The van der Waals surface area contributed by atoms with Gasteiger partial charge in [-0.3, -0.25) is 4.79 Å². The second-order valence-corrected chi connectivity index (χ2v) is 2.19. The summed E-state index contributed by atoms with van der Waals surface area (Å²) in [6.07, 6.45) is 2.22. The highest BCUT2D eigenvalue weighted by Gasteiger charge is 1.99. The molecule has 12 heavy (non-hydrogen) atoms. The maximum Gasteiger partial charge on any atom is 0.187 e. The third-order valence-corrected chi connectivity index (χ3v) is 1.54. The Labute approximate surface area is 73.2 Å². The van der Waals surface area contributed by atoms with Crippen LogP contribution in [0.15, 0.2) is 21.5 Å². The Bertz CT molecular complexity index is 273. The molecule has 68 valence electrons. The van der Waals surface area contributed by atoms with Crippen molar-refractivity contribution in [2.24, 2.45) is 0 Å². The van der Waals surface area contributed by atoms with Gasteiger partial charge in [0.15, 0.2) is 5.43 Å². The smallest absolute Gasteiger partial charge is 0.187 e. The molecular formula is C10H16O2. The van der Waals surface area contributed by atoms with Crippen molar-refractivity contribution < 1.29 is 4.42 Å². The third-order valence-electron chi connectivity index (χ3n) is 1.54. The minimum atomic E-state index is 0.0584. The van der Waals surface area contributed by atoms with E-state index in [2.05, 4.69) is 0 Å². The molecule has 0 aromatic carbocycles. The molecule has 1 heterocycles. The minimum Gasteiger partial charge on any atom is -0.469 e. The van der Waals surface area contributed by atoms with Crippen LogP contribution in [0, 0.1) is 6.92 Å². The Hall–Kier alpha value is -1.05. The first-order valence-corrected chi connectivity index (χ1v) is 4.33. The maximum atomic E-state index is 10.9. The van der Waals surface area contributed by atoms with E-state index in [0.717, 1.165) is 17.7 Å². The molecule has 0 fully saturated rings. The highest BCUT2D eigenvalue weighted by molar-refractivity contribution is 5.14. The van der Waals surface area contributed by atoms with Crippen LogP contribution in [0.3, 0.4) is 0 Å². The molecule has 1 aromatic rings. The Balaban J connectivity index is 0.000000561. The molecule has 0 aliphatic carbocycles. The average Bonchev–Trinajstić information content (AvgIpc) is 2.13. The molecule has 1 aromatic heterocycles. The van der Waals surface area contributed by atoms with E-state index in [4.69, 9.17) is 4.42 Å². The molecule has 0 aliphatic heterocycles. The van der Waals surface area contributed by atoms with Gasteiger partial charge in [-0.2, -0.15) is 0 Å². The van der Waals surface area contributed by atoms with Crippen LogP contribution in [0.1, 0.15) is 32.1 Å². The molecule has 0 radical (unpaired) electrons. The van der Waals surface area contributed by atoms with Gasteiger partial charge in [0.2, 0.25) is 0 Å². The molecular weight excluding hydrogens is 152 g/mol. The quantitative estimate of drug-likeness (QED) is 0.645. The highest BCUT2D eigenvalue weighted by Crippen LogP contribution is 2.01. The van der Waals surface area contributed by atoms with Crippen LogP contribution in [-0.2, 0) is 6.42 Å². The van der Waals surface area contributed by atoms with Crippen LogP contribution in [-0.4, -0.2) is 0 Å². The van der Waals surface area contributed by atoms with Crippen LogP contribution in [0.5, 0.6) is 0 Å². The Morgan fingerprint density at radius 1 is 1.42 bits per heavy atom. The molecule has 0 aliphatic rings. The van der Waals surface area contributed by atoms with Crippen molar-refractivity contribution in [1.29, 1.82) is 0 Å². The number of rotatable bonds is 1. The molecule has 0 unspecified atom stereocenters. The van der Waals surface area contributed by atoms with Gasteiger partial charge in [0.05, 0.1) is 6.26 Å². The zero-order valence-electron chi connectivity index (χ0n) is 8.18. The Morgan fingerprint density at radius 3 is 2.42 bits per heavy atom. The summed E-state index contributed by atoms with van der Waals surface area (Å²) in [7, 11) is 0. The largest absolute Gasteiger partial charge is 0.469 e. The summed E-state index contributed by atoms with van der Waals surface area (Å²) in [6.45, 7) is 7.75. The van der Waals surface area contributed by atoms with Gasteiger partial charge in [-0.1, -0.05) is 20.8 Å². The van der Waals surface area contributed by atoms with Gasteiger partial charge in [-0.15, -0.1) is 0 Å². The monoisotopic (exact) mass is 168 g/mol. The van der Waals surface area contributed by atoms with Crippen molar-refractivity contribution in [3.63, 3.8) is 0 Å². The average molecular weight is 168 g/mol. The van der Waals surface area contributed by atoms with Gasteiger partial charge in [0.25, 0.3) is 0 Å². The fourth-order valence-electron chi connectivity index (χ4n) is 0.877. The molecule has 0 amide bonds. The SMILES string of the molecule is CC.CCc1occc(=O)c1C. The van der Waals surface area contributed by atoms with E-state index in [1.165, 1.54) is 12.3 Å². The minimum absolute atomic E-state index is 0.0584. The summed E-state index contributed by atoms with van der Waals surface area (Å²) >= 11 is 0. The first-order valence-electron chi connectivity index (χ1n) is 4.33. The van der Waals surface area contributed by atoms with E-state index in [0.29, 0.717) is 0 Å². The lowest BCUT2D eigenvalue weighted by Crippen LogP contribution is -2.05. The third kappa shape index (κ3) is 2.53. The van der Waals surface area contributed by atoms with Gasteiger partial charge in [-0.05, 0) is 6.92 Å². The fourth-order valence-corrected chi connectivity index (χ4v) is 0.877. The molecule has 0 atom stereocenters. The summed E-state index contributed by atoms with van der Waals surface area (Å²) < 4.78 is 5.09. The summed E-state index contributed by atoms with van der Waals surface area (Å²) in [5.74, 6) is 0.785. The van der Waals surface area contributed by atoms with Crippen LogP contribution in [0.25, 0.3) is 0 Å². The van der Waals surface area contributed by atoms with Gasteiger partial charge < -0.3 is 4.42 Å². The van der Waals surface area contributed by atoms with Crippen LogP contribution in [0.4, 0.5) is 0 Å². The van der Waals surface area contributed by atoms with Crippen LogP contribution >= 0.6 is 0 Å². The first kappa shape index (κ1) is 11.0. The highest BCUT2D eigenvalue weighted by atomic mass is 16.3. The topological polar surface area (TPSA) is 30.2 Å². The Morgan fingerprint density at radius 2 is 2.00 bits per heavy atom. The molecule has 1 rings (SSSR count). The summed E-state index contributed by atoms with van der Waals surface area (Å²) in [4.78, 5) is 10.9. The molecule has 0 bridgehead atoms. The molecule has 0 spiro atoms. The lowest BCUT2D eigenvalue weighted by atomic mass is 10.2. The van der Waals surface area contributed by atoms with Gasteiger partial charge in [0, 0.05) is 18.1 Å². The summed E-state index contributed by atoms with van der Waals surface area (Å²) in [6, 6.07) is 1.44. The predicted octanol–water partition coefficient (Wildman–Crippen LogP) is 2.54. The lowest BCUT2D eigenvalue weighted by molar-refractivity contribution is 0.491. The second kappa shape index (κ2) is 5.58. The summed E-state index contributed by atoms with van der Waals surface area (Å²) in [5.41, 5.74) is 0.785. The number of hydrogen-bond donors (Lipinski definition) is 0. The lowest BCUT2D eigenvalue weighted by Gasteiger charge is -1.96. The Kier molecular flexibility index (Phi) is 5.09. The molecule has 0 N–H and O–H groups in total. The van der Waals surface area contributed by atoms with Gasteiger partial charge in [0.1, 0.15) is 5.76 Å². The van der Waals surface area contributed by atoms with E-state index in [9.17, 15) is 4.79 Å². The molecule has 2 nitrogen and oxygen atoms in total. The maximum absolute atomic E-state index is 10.9. The number of hydrogen-bond acceptors (Lipinski definition) is 2. The van der Waals surface area contributed by atoms with Gasteiger partial charge in [-0.25, -0.2) is 0 Å². The zero-order valence-corrected chi connectivity index (χ0v) is 8.18. The van der Waals surface area contributed by atoms with E-state index >= 15 is 0 Å². The van der Waals surface area contributed by atoms with Crippen molar-refractivity contribution >= 4 is 0 Å². The first-order chi connectivity index (χ1) is 5.75. The fraction of sp³-hybridized carbons (Fsp3) is 0.500. The standard InChI is InChI=1S/C8H10O2.C2H6/c1-3-8-6(2)7(9)4-5-10-8;1-2/h4-5H,3H2,1-2H3;1-2H3. The van der Waals surface area contributed by atoms with Crippen molar-refractivity contribution in [2.45, 2.75) is 34.1 Å². The van der Waals surface area contributed by atoms with E-state index in [-0.39, 0.29) is 5.43 Å². The van der Waals surface area contributed by atoms with E-state index in [1.54, 1.807) is 6.92 Å². The second-order valence-electron chi connectivity index (χ2n) is 2.19. The number of aryl methyl sites for hydroxylation is 1. The predicted molar refractivity (Wildman–Crippen MR) is 50.4 cm³/mol. The van der Waals surface area contributed by atoms with Crippen molar-refractivity contribution in [2.75, 3.05) is 0 Å². The van der Waals surface area contributed by atoms with E-state index in [1.807, 2.05) is 20.8 Å². The van der Waals surface area contributed by atoms with Crippen LogP contribution < -0.4 is 5.43 Å². The normalized spacial score (nSPS) is 8.67. The van der Waals surface area contributed by atoms with Crippen molar-refractivity contribution in [1.82, 2.24) is 0 Å². The van der Waals surface area contributed by atoms with Crippen molar-refractivity contribution in [3.05, 3.63) is 33.9 Å². The molecule has 0 saturated heterocycles. The van der Waals surface area contributed by atoms with Crippen LogP contribution in [0.2, 0.25) is 0 Å². The molecule has 0 saturated carbocycles. The zero-order chi connectivity index (χ0) is 9.56. The van der Waals surface area contributed by atoms with Crippen molar-refractivity contribution in [3.8, 4) is 0 Å².